The zero-order valence-corrected chi connectivity index (χ0v) is 12.7. The summed E-state index contributed by atoms with van der Waals surface area (Å²) in [7, 11) is 0. The van der Waals surface area contributed by atoms with Gasteiger partial charge in [-0.3, -0.25) is 0 Å². The lowest BCUT2D eigenvalue weighted by atomic mass is 10.1. The molecule has 5 heteroatoms. The van der Waals surface area contributed by atoms with E-state index in [4.69, 9.17) is 5.26 Å². The first-order valence-electron chi connectivity index (χ1n) is 6.43. The van der Waals surface area contributed by atoms with Crippen molar-refractivity contribution in [3.8, 4) is 6.19 Å². The van der Waals surface area contributed by atoms with Crippen LogP contribution in [0.5, 0.6) is 0 Å². The molecule has 0 atom stereocenters. The van der Waals surface area contributed by atoms with E-state index in [2.05, 4.69) is 15.6 Å². The van der Waals surface area contributed by atoms with Gasteiger partial charge in [-0.15, -0.1) is 4.99 Å². The van der Waals surface area contributed by atoms with Gasteiger partial charge in [0.25, 0.3) is 0 Å². The van der Waals surface area contributed by atoms with Crippen molar-refractivity contribution in [3.63, 3.8) is 0 Å². The van der Waals surface area contributed by atoms with Gasteiger partial charge >= 0.3 is 0 Å². The van der Waals surface area contributed by atoms with E-state index in [0.29, 0.717) is 5.17 Å². The van der Waals surface area contributed by atoms with Crippen molar-refractivity contribution in [1.29, 1.82) is 5.26 Å². The average molecular weight is 296 g/mol. The molecule has 0 heterocycles. The second kappa shape index (κ2) is 7.36. The van der Waals surface area contributed by atoms with Gasteiger partial charge in [-0.2, -0.15) is 5.26 Å². The highest BCUT2D eigenvalue weighted by atomic mass is 32.2. The van der Waals surface area contributed by atoms with Crippen molar-refractivity contribution in [2.45, 2.75) is 6.92 Å². The van der Waals surface area contributed by atoms with Crippen LogP contribution in [0.4, 0.5) is 17.1 Å². The summed E-state index contributed by atoms with van der Waals surface area (Å²) in [6.45, 7) is 2.04. The molecule has 0 spiro atoms. The number of aryl methyl sites for hydroxylation is 1. The number of hydrogen-bond donors (Lipinski definition) is 2. The molecule has 2 N–H and O–H groups in total. The molecule has 0 aliphatic carbocycles. The molecule has 21 heavy (non-hydrogen) atoms. The van der Waals surface area contributed by atoms with Gasteiger partial charge in [0, 0.05) is 17.1 Å². The molecular formula is C16H16N4S. The van der Waals surface area contributed by atoms with E-state index in [-0.39, 0.29) is 0 Å². The van der Waals surface area contributed by atoms with Gasteiger partial charge in [-0.1, -0.05) is 30.0 Å². The second-order valence-corrected chi connectivity index (χ2v) is 5.16. The summed E-state index contributed by atoms with van der Waals surface area (Å²) < 4.78 is 0. The van der Waals surface area contributed by atoms with Crippen molar-refractivity contribution in [1.82, 2.24) is 0 Å². The number of benzene rings is 2. The average Bonchev–Trinajstić information content (AvgIpc) is 2.50. The molecule has 0 saturated carbocycles. The normalized spacial score (nSPS) is 10.8. The Morgan fingerprint density at radius 2 is 1.90 bits per heavy atom. The Morgan fingerprint density at radius 3 is 2.52 bits per heavy atom. The minimum absolute atomic E-state index is 0.584. The topological polar surface area (TPSA) is 60.2 Å². The van der Waals surface area contributed by atoms with Gasteiger partial charge in [0.05, 0.1) is 0 Å². The first-order valence-corrected chi connectivity index (χ1v) is 7.66. The van der Waals surface area contributed by atoms with E-state index in [9.17, 15) is 0 Å². The maximum absolute atomic E-state index is 8.61. The Bertz CT molecular complexity index is 674. The number of aliphatic imine (C=N–C) groups is 1. The number of nitriles is 1. The van der Waals surface area contributed by atoms with Crippen molar-refractivity contribution in [2.24, 2.45) is 4.99 Å². The number of para-hydroxylation sites is 1. The zero-order chi connectivity index (χ0) is 15.1. The molecule has 2 aromatic rings. The Morgan fingerprint density at radius 1 is 1.14 bits per heavy atom. The number of nitrogens with one attached hydrogen (secondary N) is 2. The largest absolute Gasteiger partial charge is 0.355 e. The highest BCUT2D eigenvalue weighted by molar-refractivity contribution is 8.13. The Labute approximate surface area is 128 Å². The van der Waals surface area contributed by atoms with Gasteiger partial charge < -0.3 is 10.6 Å². The number of amidine groups is 1. The molecule has 0 aromatic heterocycles. The Kier molecular flexibility index (Phi) is 5.24. The van der Waals surface area contributed by atoms with E-state index in [1.807, 2.05) is 61.7 Å². The maximum atomic E-state index is 8.61. The van der Waals surface area contributed by atoms with Crippen LogP contribution in [-0.2, 0) is 0 Å². The second-order valence-electron chi connectivity index (χ2n) is 4.37. The van der Waals surface area contributed by atoms with Crippen LogP contribution in [0, 0.1) is 18.4 Å². The third kappa shape index (κ3) is 4.26. The molecule has 4 nitrogen and oxygen atoms in total. The molecule has 0 aliphatic rings. The summed E-state index contributed by atoms with van der Waals surface area (Å²) >= 11 is 1.40. The molecule has 106 valence electrons. The van der Waals surface area contributed by atoms with Crippen molar-refractivity contribution in [2.75, 3.05) is 16.9 Å². The number of rotatable bonds is 3. The van der Waals surface area contributed by atoms with Crippen LogP contribution in [0.3, 0.4) is 0 Å². The third-order valence-corrected chi connectivity index (χ3v) is 3.46. The number of nitrogens with zero attached hydrogens (tertiary/aromatic N) is 2. The van der Waals surface area contributed by atoms with Crippen LogP contribution in [-0.4, -0.2) is 11.4 Å². The van der Waals surface area contributed by atoms with Crippen LogP contribution in [0.25, 0.3) is 0 Å². The van der Waals surface area contributed by atoms with Gasteiger partial charge in [-0.25, -0.2) is 0 Å². The minimum atomic E-state index is 0.584. The Hall–Kier alpha value is -2.45. The quantitative estimate of drug-likeness (QED) is 0.502. The molecule has 0 unspecified atom stereocenters. The minimum Gasteiger partial charge on any atom is -0.355 e. The number of thioether (sulfide) groups is 1. The smallest absolute Gasteiger partial charge is 0.208 e. The van der Waals surface area contributed by atoms with Gasteiger partial charge in [-0.05, 0) is 49.1 Å². The Balaban J connectivity index is 2.14. The predicted molar refractivity (Wildman–Crippen MR) is 91.1 cm³/mol. The summed E-state index contributed by atoms with van der Waals surface area (Å²) in [5.41, 5.74) is 4.13. The lowest BCUT2D eigenvalue weighted by Gasteiger charge is -2.12. The maximum Gasteiger partial charge on any atom is 0.208 e. The van der Waals surface area contributed by atoms with Crippen LogP contribution in [0.15, 0.2) is 53.5 Å². The monoisotopic (exact) mass is 296 g/mol. The molecule has 0 fully saturated rings. The van der Waals surface area contributed by atoms with Crippen molar-refractivity contribution >= 4 is 34.0 Å². The summed E-state index contributed by atoms with van der Waals surface area (Å²) in [5, 5.41) is 15.7. The van der Waals surface area contributed by atoms with Gasteiger partial charge in [0.1, 0.15) is 0 Å². The van der Waals surface area contributed by atoms with E-state index in [1.165, 1.54) is 11.8 Å². The van der Waals surface area contributed by atoms with Gasteiger partial charge in [0.2, 0.25) is 6.19 Å². The number of anilines is 3. The van der Waals surface area contributed by atoms with E-state index >= 15 is 0 Å². The van der Waals surface area contributed by atoms with Crippen LogP contribution in [0.1, 0.15) is 5.56 Å². The predicted octanol–water partition coefficient (Wildman–Crippen LogP) is 4.35. The highest BCUT2D eigenvalue weighted by Crippen LogP contribution is 2.24. The lowest BCUT2D eigenvalue weighted by molar-refractivity contribution is 1.42. The first kappa shape index (κ1) is 14.9. The molecular weight excluding hydrogens is 280 g/mol. The van der Waals surface area contributed by atoms with Gasteiger partial charge in [0.15, 0.2) is 5.17 Å². The van der Waals surface area contributed by atoms with Crippen molar-refractivity contribution in [3.05, 3.63) is 54.1 Å². The fourth-order valence-corrected chi connectivity index (χ4v) is 2.20. The van der Waals surface area contributed by atoms with Crippen LogP contribution >= 0.6 is 11.8 Å². The molecule has 0 saturated heterocycles. The summed E-state index contributed by atoms with van der Waals surface area (Å²) in [5.74, 6) is 0. The van der Waals surface area contributed by atoms with E-state index in [1.54, 1.807) is 6.19 Å². The highest BCUT2D eigenvalue weighted by Gasteiger charge is 2.03. The summed E-state index contributed by atoms with van der Waals surface area (Å²) in [6.07, 6.45) is 3.67. The van der Waals surface area contributed by atoms with Crippen LogP contribution in [0.2, 0.25) is 0 Å². The zero-order valence-electron chi connectivity index (χ0n) is 11.9. The fraction of sp³-hybridized carbons (Fsp3) is 0.125. The standard InChI is InChI=1S/C16H16N4S/c1-12-10-14(20-16(21-2)18-11-17)8-9-15(12)19-13-6-4-3-5-7-13/h3-10,19H,1-2H3,(H,18,20). The summed E-state index contributed by atoms with van der Waals surface area (Å²) in [4.78, 5) is 3.72. The molecule has 2 aromatic carbocycles. The number of hydrogen-bond acceptors (Lipinski definition) is 4. The first-order chi connectivity index (χ1) is 10.2. The molecule has 0 bridgehead atoms. The molecule has 0 radical (unpaired) electrons. The molecule has 2 rings (SSSR count). The fourth-order valence-electron chi connectivity index (χ4n) is 1.85. The van der Waals surface area contributed by atoms with Crippen LogP contribution < -0.4 is 10.6 Å². The summed E-state index contributed by atoms with van der Waals surface area (Å²) in [6, 6.07) is 16.0. The lowest BCUT2D eigenvalue weighted by Crippen LogP contribution is -2.07. The third-order valence-electron chi connectivity index (χ3n) is 2.88. The van der Waals surface area contributed by atoms with Crippen molar-refractivity contribution < 1.29 is 0 Å². The SMILES string of the molecule is CS/C(=N/C#N)Nc1ccc(Nc2ccccc2)c(C)c1. The van der Waals surface area contributed by atoms with E-state index in [0.717, 1.165) is 22.6 Å². The molecule has 0 aliphatic heterocycles. The molecule has 0 amide bonds. The van der Waals surface area contributed by atoms with E-state index < -0.39 is 0 Å².